The van der Waals surface area contributed by atoms with Gasteiger partial charge in [0.1, 0.15) is 6.61 Å². The predicted octanol–water partition coefficient (Wildman–Crippen LogP) is 2.36. The third-order valence-electron chi connectivity index (χ3n) is 3.31. The highest BCUT2D eigenvalue weighted by Crippen LogP contribution is 2.44. The zero-order valence-electron chi connectivity index (χ0n) is 9.26. The summed E-state index contributed by atoms with van der Waals surface area (Å²) in [4.78, 5) is 11.9. The molecular formula is C15H12O2. The maximum atomic E-state index is 11.9. The second-order valence-electron chi connectivity index (χ2n) is 4.23. The fourth-order valence-electron chi connectivity index (χ4n) is 2.59. The van der Waals surface area contributed by atoms with E-state index in [0.717, 1.165) is 22.3 Å². The molecular weight excluding hydrogens is 212 g/mol. The SMILES string of the molecule is O=C(CO)C1c2ccccc2-c2ccccc21. The number of hydrogen-bond donors (Lipinski definition) is 1. The van der Waals surface area contributed by atoms with Gasteiger partial charge in [0.15, 0.2) is 5.78 Å². The number of rotatable bonds is 2. The Kier molecular flexibility index (Phi) is 2.30. The lowest BCUT2D eigenvalue weighted by atomic mass is 9.93. The number of benzene rings is 2. The highest BCUT2D eigenvalue weighted by Gasteiger charge is 2.32. The lowest BCUT2D eigenvalue weighted by Gasteiger charge is -2.10. The Morgan fingerprint density at radius 2 is 1.41 bits per heavy atom. The molecule has 0 spiro atoms. The van der Waals surface area contributed by atoms with Crippen molar-refractivity contribution >= 4 is 5.78 Å². The van der Waals surface area contributed by atoms with Crippen molar-refractivity contribution in [1.82, 2.24) is 0 Å². The van der Waals surface area contributed by atoms with E-state index in [1.807, 2.05) is 48.5 Å². The van der Waals surface area contributed by atoms with Crippen LogP contribution in [0.25, 0.3) is 11.1 Å². The third kappa shape index (κ3) is 1.41. The van der Waals surface area contributed by atoms with Crippen LogP contribution in [0.15, 0.2) is 48.5 Å². The molecule has 0 radical (unpaired) electrons. The summed E-state index contributed by atoms with van der Waals surface area (Å²) >= 11 is 0. The van der Waals surface area contributed by atoms with E-state index in [1.54, 1.807) is 0 Å². The molecule has 2 heteroatoms. The van der Waals surface area contributed by atoms with Crippen molar-refractivity contribution < 1.29 is 9.90 Å². The fourth-order valence-corrected chi connectivity index (χ4v) is 2.59. The minimum Gasteiger partial charge on any atom is -0.389 e. The number of aliphatic hydroxyl groups is 1. The Bertz CT molecular complexity index is 541. The average Bonchev–Trinajstić information content (AvgIpc) is 2.72. The molecule has 0 atom stereocenters. The van der Waals surface area contributed by atoms with Gasteiger partial charge in [-0.15, -0.1) is 0 Å². The lowest BCUT2D eigenvalue weighted by molar-refractivity contribution is -0.122. The van der Waals surface area contributed by atoms with Crippen molar-refractivity contribution in [3.63, 3.8) is 0 Å². The van der Waals surface area contributed by atoms with Gasteiger partial charge in [-0.1, -0.05) is 48.5 Å². The van der Waals surface area contributed by atoms with E-state index < -0.39 is 6.61 Å². The number of aliphatic hydroxyl groups excluding tert-OH is 1. The Morgan fingerprint density at radius 3 is 1.88 bits per heavy atom. The first-order chi connectivity index (χ1) is 8.33. The van der Waals surface area contributed by atoms with Crippen molar-refractivity contribution in [3.8, 4) is 11.1 Å². The summed E-state index contributed by atoms with van der Waals surface area (Å²) in [6.07, 6.45) is 0. The van der Waals surface area contributed by atoms with Gasteiger partial charge in [-0.3, -0.25) is 4.79 Å². The van der Waals surface area contributed by atoms with Crippen LogP contribution >= 0.6 is 0 Å². The van der Waals surface area contributed by atoms with Gasteiger partial charge in [0, 0.05) is 0 Å². The normalized spacial score (nSPS) is 13.2. The van der Waals surface area contributed by atoms with Crippen LogP contribution in [0, 0.1) is 0 Å². The van der Waals surface area contributed by atoms with E-state index in [0.29, 0.717) is 0 Å². The number of fused-ring (bicyclic) bond motifs is 3. The van der Waals surface area contributed by atoms with Crippen LogP contribution in [0.2, 0.25) is 0 Å². The lowest BCUT2D eigenvalue weighted by Crippen LogP contribution is -2.15. The predicted molar refractivity (Wildman–Crippen MR) is 65.8 cm³/mol. The molecule has 0 aromatic heterocycles. The molecule has 84 valence electrons. The monoisotopic (exact) mass is 224 g/mol. The van der Waals surface area contributed by atoms with E-state index >= 15 is 0 Å². The molecule has 0 saturated carbocycles. The van der Waals surface area contributed by atoms with Crippen LogP contribution in [0.4, 0.5) is 0 Å². The summed E-state index contributed by atoms with van der Waals surface area (Å²) in [6.45, 7) is -0.409. The smallest absolute Gasteiger partial charge is 0.170 e. The van der Waals surface area contributed by atoms with Gasteiger partial charge >= 0.3 is 0 Å². The van der Waals surface area contributed by atoms with Gasteiger partial charge in [0.2, 0.25) is 0 Å². The molecule has 1 N–H and O–H groups in total. The van der Waals surface area contributed by atoms with Gasteiger partial charge in [0.25, 0.3) is 0 Å². The zero-order valence-corrected chi connectivity index (χ0v) is 9.26. The minimum absolute atomic E-state index is 0.137. The Hall–Kier alpha value is -1.93. The zero-order chi connectivity index (χ0) is 11.8. The quantitative estimate of drug-likeness (QED) is 0.850. The van der Waals surface area contributed by atoms with Crippen LogP contribution in [-0.4, -0.2) is 17.5 Å². The second kappa shape index (κ2) is 3.82. The van der Waals surface area contributed by atoms with E-state index in [2.05, 4.69) is 0 Å². The molecule has 0 heterocycles. The number of carbonyl (C=O) groups excluding carboxylic acids is 1. The standard InChI is InChI=1S/C15H12O2/c16-9-14(17)15-12-7-3-1-5-10(12)11-6-2-4-8-13(11)15/h1-8,15-16H,9H2. The Morgan fingerprint density at radius 1 is 0.941 bits per heavy atom. The summed E-state index contributed by atoms with van der Waals surface area (Å²) in [5.74, 6) is -0.435. The molecule has 0 aliphatic heterocycles. The largest absolute Gasteiger partial charge is 0.389 e. The van der Waals surface area contributed by atoms with Crippen molar-refractivity contribution in [1.29, 1.82) is 0 Å². The summed E-state index contributed by atoms with van der Waals surface area (Å²) in [6, 6.07) is 15.8. The molecule has 2 aromatic rings. The first kappa shape index (κ1) is 10.2. The maximum absolute atomic E-state index is 11.9. The molecule has 3 rings (SSSR count). The topological polar surface area (TPSA) is 37.3 Å². The maximum Gasteiger partial charge on any atom is 0.170 e. The number of carbonyl (C=O) groups is 1. The summed E-state index contributed by atoms with van der Waals surface area (Å²) < 4.78 is 0. The highest BCUT2D eigenvalue weighted by molar-refractivity contribution is 5.97. The van der Waals surface area contributed by atoms with Crippen molar-refractivity contribution in [2.24, 2.45) is 0 Å². The van der Waals surface area contributed by atoms with Crippen LogP contribution < -0.4 is 0 Å². The summed E-state index contributed by atoms with van der Waals surface area (Å²) in [7, 11) is 0. The molecule has 0 unspecified atom stereocenters. The van der Waals surface area contributed by atoms with E-state index in [4.69, 9.17) is 5.11 Å². The molecule has 17 heavy (non-hydrogen) atoms. The minimum atomic E-state index is -0.409. The number of ketones is 1. The molecule has 0 amide bonds. The first-order valence-corrected chi connectivity index (χ1v) is 5.64. The third-order valence-corrected chi connectivity index (χ3v) is 3.31. The van der Waals surface area contributed by atoms with E-state index in [1.165, 1.54) is 0 Å². The molecule has 0 saturated heterocycles. The average molecular weight is 224 g/mol. The van der Waals surface area contributed by atoms with Gasteiger partial charge in [-0.05, 0) is 22.3 Å². The van der Waals surface area contributed by atoms with Gasteiger partial charge in [0.05, 0.1) is 5.92 Å². The van der Waals surface area contributed by atoms with Crippen molar-refractivity contribution in [2.45, 2.75) is 5.92 Å². The van der Waals surface area contributed by atoms with E-state index in [-0.39, 0.29) is 11.7 Å². The van der Waals surface area contributed by atoms with Gasteiger partial charge in [-0.25, -0.2) is 0 Å². The van der Waals surface area contributed by atoms with Crippen molar-refractivity contribution in [2.75, 3.05) is 6.61 Å². The number of hydrogen-bond acceptors (Lipinski definition) is 2. The molecule has 2 aromatic carbocycles. The Labute approximate surface area is 99.5 Å². The highest BCUT2D eigenvalue weighted by atomic mass is 16.3. The van der Waals surface area contributed by atoms with E-state index in [9.17, 15) is 4.79 Å². The Balaban J connectivity index is 2.27. The molecule has 1 aliphatic carbocycles. The number of Topliss-reactive ketones (excluding diaryl/α,β-unsaturated/α-hetero) is 1. The fraction of sp³-hybridized carbons (Fsp3) is 0.133. The first-order valence-electron chi connectivity index (χ1n) is 5.64. The van der Waals surface area contributed by atoms with Crippen LogP contribution in [-0.2, 0) is 4.79 Å². The second-order valence-corrected chi connectivity index (χ2v) is 4.23. The molecule has 0 bridgehead atoms. The van der Waals surface area contributed by atoms with Gasteiger partial charge < -0.3 is 5.11 Å². The molecule has 2 nitrogen and oxygen atoms in total. The van der Waals surface area contributed by atoms with Crippen molar-refractivity contribution in [3.05, 3.63) is 59.7 Å². The molecule has 0 fully saturated rings. The van der Waals surface area contributed by atoms with Crippen LogP contribution in [0.3, 0.4) is 0 Å². The molecule has 1 aliphatic rings. The van der Waals surface area contributed by atoms with Gasteiger partial charge in [-0.2, -0.15) is 0 Å². The summed E-state index contributed by atoms with van der Waals surface area (Å²) in [5.41, 5.74) is 4.23. The summed E-state index contributed by atoms with van der Waals surface area (Å²) in [5, 5.41) is 9.10. The van der Waals surface area contributed by atoms with Crippen LogP contribution in [0.5, 0.6) is 0 Å². The van der Waals surface area contributed by atoms with Crippen LogP contribution in [0.1, 0.15) is 17.0 Å².